The van der Waals surface area contributed by atoms with Crippen molar-refractivity contribution in [3.05, 3.63) is 106 Å². The van der Waals surface area contributed by atoms with E-state index >= 15 is 0 Å². The number of fused-ring (bicyclic) bond motifs is 1. The Morgan fingerprint density at radius 3 is 2.58 bits per heavy atom. The number of amides is 1. The molecule has 0 aliphatic carbocycles. The standard InChI is InChI=1S/C26H21BrF2N2O2/c1-33-21-8-7-17-4-2-5-18(22(17)15-21)13-25(32)31-24(26-23(27)6-3-9-30-26)12-16-10-19(28)14-20(29)11-16/h2-11,14-15,24H,12-13H2,1H3,(H,31,32)/t24-/m0/s1. The summed E-state index contributed by atoms with van der Waals surface area (Å²) in [5.41, 5.74) is 1.85. The quantitative estimate of drug-likeness (QED) is 0.335. The van der Waals surface area contributed by atoms with Crippen molar-refractivity contribution >= 4 is 32.6 Å². The Morgan fingerprint density at radius 2 is 1.85 bits per heavy atom. The Kier molecular flexibility index (Phi) is 6.99. The Labute approximate surface area is 198 Å². The summed E-state index contributed by atoms with van der Waals surface area (Å²) in [5, 5.41) is 4.92. The van der Waals surface area contributed by atoms with Crippen molar-refractivity contribution in [3.63, 3.8) is 0 Å². The van der Waals surface area contributed by atoms with Crippen LogP contribution < -0.4 is 10.1 Å². The minimum Gasteiger partial charge on any atom is -0.497 e. The van der Waals surface area contributed by atoms with Crippen LogP contribution in [0.3, 0.4) is 0 Å². The zero-order valence-corrected chi connectivity index (χ0v) is 19.4. The van der Waals surface area contributed by atoms with Gasteiger partial charge in [-0.05, 0) is 80.6 Å². The van der Waals surface area contributed by atoms with Crippen LogP contribution in [0.1, 0.15) is 22.9 Å². The highest BCUT2D eigenvalue weighted by molar-refractivity contribution is 9.10. The van der Waals surface area contributed by atoms with E-state index in [4.69, 9.17) is 4.74 Å². The molecular formula is C26H21BrF2N2O2. The molecule has 0 spiro atoms. The number of hydrogen-bond donors (Lipinski definition) is 1. The van der Waals surface area contributed by atoms with Crippen LogP contribution in [-0.2, 0) is 17.6 Å². The number of carbonyl (C=O) groups is 1. The van der Waals surface area contributed by atoms with Gasteiger partial charge in [-0.2, -0.15) is 0 Å². The number of aromatic nitrogens is 1. The van der Waals surface area contributed by atoms with Crippen molar-refractivity contribution in [3.8, 4) is 5.75 Å². The third-order valence-electron chi connectivity index (χ3n) is 5.35. The molecule has 1 aromatic heterocycles. The molecule has 1 atom stereocenters. The first-order chi connectivity index (χ1) is 15.9. The van der Waals surface area contributed by atoms with Gasteiger partial charge in [0.2, 0.25) is 5.91 Å². The van der Waals surface area contributed by atoms with Crippen molar-refractivity contribution in [2.75, 3.05) is 7.11 Å². The first-order valence-electron chi connectivity index (χ1n) is 10.3. The normalized spacial score (nSPS) is 11.9. The van der Waals surface area contributed by atoms with E-state index in [9.17, 15) is 13.6 Å². The van der Waals surface area contributed by atoms with E-state index in [1.807, 2.05) is 42.5 Å². The molecule has 4 aromatic rings. The molecule has 0 bridgehead atoms. The second-order valence-corrected chi connectivity index (χ2v) is 8.51. The van der Waals surface area contributed by atoms with E-state index < -0.39 is 17.7 Å². The number of halogens is 3. The zero-order chi connectivity index (χ0) is 23.4. The number of benzene rings is 3. The number of hydrogen-bond acceptors (Lipinski definition) is 3. The Balaban J connectivity index is 1.62. The van der Waals surface area contributed by atoms with Crippen LogP contribution in [0.25, 0.3) is 10.8 Å². The molecule has 0 saturated carbocycles. The lowest BCUT2D eigenvalue weighted by molar-refractivity contribution is -0.121. The van der Waals surface area contributed by atoms with Crippen LogP contribution in [0.15, 0.2) is 77.4 Å². The van der Waals surface area contributed by atoms with Crippen LogP contribution in [-0.4, -0.2) is 18.0 Å². The first-order valence-corrected chi connectivity index (χ1v) is 11.1. The van der Waals surface area contributed by atoms with Gasteiger partial charge in [0.15, 0.2) is 0 Å². The van der Waals surface area contributed by atoms with Gasteiger partial charge < -0.3 is 10.1 Å². The van der Waals surface area contributed by atoms with E-state index in [0.717, 1.165) is 22.4 Å². The molecule has 0 aliphatic heterocycles. The molecule has 1 heterocycles. The van der Waals surface area contributed by atoms with Crippen molar-refractivity contribution in [2.24, 2.45) is 0 Å². The summed E-state index contributed by atoms with van der Waals surface area (Å²) in [5.74, 6) is -0.858. The molecular weight excluding hydrogens is 490 g/mol. The topological polar surface area (TPSA) is 51.2 Å². The molecule has 1 amide bonds. The van der Waals surface area contributed by atoms with Gasteiger partial charge in [0, 0.05) is 16.7 Å². The summed E-state index contributed by atoms with van der Waals surface area (Å²) in [6.07, 6.45) is 1.92. The Bertz CT molecular complexity index is 1290. The van der Waals surface area contributed by atoms with Gasteiger partial charge in [0.1, 0.15) is 17.4 Å². The van der Waals surface area contributed by atoms with E-state index in [1.54, 1.807) is 19.4 Å². The molecule has 4 rings (SSSR count). The number of nitrogens with one attached hydrogen (secondary N) is 1. The number of methoxy groups -OCH3 is 1. The average Bonchev–Trinajstić information content (AvgIpc) is 2.78. The number of carbonyl (C=O) groups excluding carboxylic acids is 1. The number of pyridine rings is 1. The fourth-order valence-corrected chi connectivity index (χ4v) is 4.38. The summed E-state index contributed by atoms with van der Waals surface area (Å²) >= 11 is 3.47. The highest BCUT2D eigenvalue weighted by atomic mass is 79.9. The predicted molar refractivity (Wildman–Crippen MR) is 127 cm³/mol. The second kappa shape index (κ2) is 10.1. The van der Waals surface area contributed by atoms with Crippen LogP contribution in [0, 0.1) is 11.6 Å². The van der Waals surface area contributed by atoms with E-state index in [-0.39, 0.29) is 18.7 Å². The molecule has 7 heteroatoms. The SMILES string of the molecule is COc1ccc2cccc(CC(=O)N[C@@H](Cc3cc(F)cc(F)c3)c3ncccc3Br)c2c1. The molecule has 3 aromatic carbocycles. The number of nitrogens with zero attached hydrogens (tertiary/aromatic N) is 1. The number of rotatable bonds is 7. The molecule has 168 valence electrons. The van der Waals surface area contributed by atoms with Crippen LogP contribution in [0.4, 0.5) is 8.78 Å². The van der Waals surface area contributed by atoms with E-state index in [0.29, 0.717) is 21.5 Å². The Morgan fingerprint density at radius 1 is 1.06 bits per heavy atom. The molecule has 0 radical (unpaired) electrons. The summed E-state index contributed by atoms with van der Waals surface area (Å²) in [7, 11) is 1.60. The monoisotopic (exact) mass is 510 g/mol. The van der Waals surface area contributed by atoms with E-state index in [1.165, 1.54) is 12.1 Å². The molecule has 4 nitrogen and oxygen atoms in total. The molecule has 0 saturated heterocycles. The lowest BCUT2D eigenvalue weighted by Gasteiger charge is -2.20. The van der Waals surface area contributed by atoms with Crippen LogP contribution in [0.2, 0.25) is 0 Å². The highest BCUT2D eigenvalue weighted by Crippen LogP contribution is 2.27. The van der Waals surface area contributed by atoms with Gasteiger partial charge in [-0.25, -0.2) is 8.78 Å². The lowest BCUT2D eigenvalue weighted by atomic mass is 10.00. The van der Waals surface area contributed by atoms with Gasteiger partial charge >= 0.3 is 0 Å². The van der Waals surface area contributed by atoms with Crippen LogP contribution in [0.5, 0.6) is 5.75 Å². The first kappa shape index (κ1) is 22.9. The van der Waals surface area contributed by atoms with Gasteiger partial charge in [-0.15, -0.1) is 0 Å². The fourth-order valence-electron chi connectivity index (χ4n) is 3.85. The Hall–Kier alpha value is -3.32. The highest BCUT2D eigenvalue weighted by Gasteiger charge is 2.20. The maximum Gasteiger partial charge on any atom is 0.224 e. The van der Waals surface area contributed by atoms with Crippen molar-refractivity contribution in [1.29, 1.82) is 0 Å². The summed E-state index contributed by atoms with van der Waals surface area (Å²) in [4.78, 5) is 17.5. The lowest BCUT2D eigenvalue weighted by Crippen LogP contribution is -2.32. The van der Waals surface area contributed by atoms with Crippen molar-refractivity contribution in [1.82, 2.24) is 10.3 Å². The van der Waals surface area contributed by atoms with Gasteiger partial charge in [0.25, 0.3) is 0 Å². The molecule has 1 N–H and O–H groups in total. The third kappa shape index (κ3) is 5.54. The predicted octanol–water partition coefficient (Wildman–Crippen LogP) is 5.93. The van der Waals surface area contributed by atoms with Crippen molar-refractivity contribution < 1.29 is 18.3 Å². The molecule has 33 heavy (non-hydrogen) atoms. The maximum absolute atomic E-state index is 13.8. The fraction of sp³-hybridized carbons (Fsp3) is 0.154. The van der Waals surface area contributed by atoms with Crippen LogP contribution >= 0.6 is 15.9 Å². The summed E-state index contributed by atoms with van der Waals surface area (Å²) in [6.45, 7) is 0. The minimum atomic E-state index is -0.667. The largest absolute Gasteiger partial charge is 0.497 e. The minimum absolute atomic E-state index is 0.128. The van der Waals surface area contributed by atoms with Crippen molar-refractivity contribution in [2.45, 2.75) is 18.9 Å². The molecule has 0 fully saturated rings. The smallest absolute Gasteiger partial charge is 0.224 e. The summed E-state index contributed by atoms with van der Waals surface area (Å²) < 4.78 is 33.5. The van der Waals surface area contributed by atoms with Gasteiger partial charge in [-0.1, -0.05) is 24.3 Å². The number of ether oxygens (including phenoxy) is 1. The average molecular weight is 511 g/mol. The molecule has 0 unspecified atom stereocenters. The molecule has 0 aliphatic rings. The second-order valence-electron chi connectivity index (χ2n) is 7.65. The van der Waals surface area contributed by atoms with E-state index in [2.05, 4.69) is 26.2 Å². The summed E-state index contributed by atoms with van der Waals surface area (Å²) in [6, 6.07) is 17.8. The third-order valence-corrected chi connectivity index (χ3v) is 6.02. The zero-order valence-electron chi connectivity index (χ0n) is 17.8. The van der Waals surface area contributed by atoms with Gasteiger partial charge in [-0.3, -0.25) is 9.78 Å². The maximum atomic E-state index is 13.8. The van der Waals surface area contributed by atoms with Gasteiger partial charge in [0.05, 0.1) is 25.3 Å².